The smallest absolute Gasteiger partial charge is 0.252 e. The van der Waals surface area contributed by atoms with Crippen LogP contribution in [0.2, 0.25) is 0 Å². The van der Waals surface area contributed by atoms with Gasteiger partial charge in [0.1, 0.15) is 0 Å². The minimum Gasteiger partial charge on any atom is -0.311 e. The van der Waals surface area contributed by atoms with Crippen molar-refractivity contribution in [3.63, 3.8) is 0 Å². The van der Waals surface area contributed by atoms with Crippen LogP contribution in [-0.2, 0) is 0 Å². The Hall–Kier alpha value is -9.77. The summed E-state index contributed by atoms with van der Waals surface area (Å²) < 4.78 is 5.40. The average Bonchev–Trinajstić information content (AvgIpc) is 4.03. The van der Waals surface area contributed by atoms with Gasteiger partial charge in [-0.05, 0) is 138 Å². The molecule has 0 aliphatic carbocycles. The van der Waals surface area contributed by atoms with E-state index in [1.54, 1.807) is 0 Å². The van der Waals surface area contributed by atoms with Crippen molar-refractivity contribution in [2.24, 2.45) is 0 Å². The van der Waals surface area contributed by atoms with Gasteiger partial charge in [-0.1, -0.05) is 170 Å². The number of nitrogens with zero attached hydrogens (tertiary/aromatic N) is 4. The van der Waals surface area contributed by atoms with Crippen LogP contribution in [0, 0.1) is 0 Å². The molecule has 0 amide bonds. The lowest BCUT2D eigenvalue weighted by molar-refractivity contribution is 1.16. The highest BCUT2D eigenvalue weighted by Gasteiger charge is 2.48. The Morgan fingerprint density at radius 3 is 1.05 bits per heavy atom. The highest BCUT2D eigenvalue weighted by atomic mass is 15.2. The van der Waals surface area contributed by atoms with Gasteiger partial charge in [0.05, 0.1) is 33.4 Å². The highest BCUT2D eigenvalue weighted by Crippen LogP contribution is 2.51. The van der Waals surface area contributed by atoms with E-state index in [0.717, 1.165) is 11.4 Å². The molecular weight excluding hydrogens is 918 g/mol. The predicted octanol–water partition coefficient (Wildman–Crippen LogP) is 13.7. The number of rotatable bonds is 2. The maximum atomic E-state index is 2.70. The Balaban J connectivity index is 1.04. The van der Waals surface area contributed by atoms with Gasteiger partial charge >= 0.3 is 0 Å². The summed E-state index contributed by atoms with van der Waals surface area (Å²) in [5.41, 5.74) is 22.9. The van der Waals surface area contributed by atoms with E-state index in [2.05, 4.69) is 262 Å². The molecule has 0 saturated heterocycles. The van der Waals surface area contributed by atoms with Gasteiger partial charge in [-0.15, -0.1) is 0 Å². The maximum absolute atomic E-state index is 2.70. The minimum absolute atomic E-state index is 0.0660. The third-order valence-corrected chi connectivity index (χ3v) is 17.9. The topological polar surface area (TPSA) is 16.3 Å². The van der Waals surface area contributed by atoms with Gasteiger partial charge in [0, 0.05) is 66.4 Å². The van der Waals surface area contributed by atoms with Crippen molar-refractivity contribution in [1.29, 1.82) is 0 Å². The minimum atomic E-state index is -0.0660. The zero-order valence-corrected chi connectivity index (χ0v) is 41.0. The molecule has 0 radical (unpaired) electrons. The molecular formula is C70H40B2N4. The first-order chi connectivity index (χ1) is 37.8. The standard InChI is InChI=1S/C70H40B2N4/c1-3-23-45(24-4-1)73-57-33-17-15-31-53(57)71-55-39-62-56(40-61(55)75-59-37-43-21-9-7-19-41(43)35-51(59)63-47-27-11-13-29-49(47)67(73)65(71)69(63)75)72-54-32-16-18-34-58(54)74(46-25-5-2-6-26-46)68-50-30-14-12-28-48(50)64-52-36-42-20-8-10-22-44(42)38-60(52)76(62)70(64)66(68)72/h1-40H. The Morgan fingerprint density at radius 2 is 0.618 bits per heavy atom. The molecule has 0 unspecified atom stereocenters. The molecule has 0 fully saturated rings. The van der Waals surface area contributed by atoms with Crippen LogP contribution in [0.3, 0.4) is 0 Å². The van der Waals surface area contributed by atoms with Gasteiger partial charge in [-0.3, -0.25) is 0 Å². The highest BCUT2D eigenvalue weighted by molar-refractivity contribution is 7.02. The van der Waals surface area contributed by atoms with Crippen LogP contribution in [0.25, 0.3) is 98.1 Å². The molecule has 0 bridgehead atoms. The molecule has 346 valence electrons. The molecule has 0 spiro atoms. The van der Waals surface area contributed by atoms with Crippen LogP contribution in [0.15, 0.2) is 243 Å². The lowest BCUT2D eigenvalue weighted by atomic mass is 9.31. The molecule has 6 heterocycles. The van der Waals surface area contributed by atoms with Gasteiger partial charge in [0.15, 0.2) is 0 Å². The summed E-state index contributed by atoms with van der Waals surface area (Å²) in [6.07, 6.45) is 0. The number of hydrogen-bond acceptors (Lipinski definition) is 2. The summed E-state index contributed by atoms with van der Waals surface area (Å²) >= 11 is 0. The molecule has 19 rings (SSSR count). The van der Waals surface area contributed by atoms with Crippen LogP contribution in [0.1, 0.15) is 0 Å². The fourth-order valence-corrected chi connectivity index (χ4v) is 15.1. The quantitative estimate of drug-likeness (QED) is 0.161. The van der Waals surface area contributed by atoms with Crippen molar-refractivity contribution in [1.82, 2.24) is 9.13 Å². The summed E-state index contributed by atoms with van der Waals surface area (Å²) in [5.74, 6) is 0. The van der Waals surface area contributed by atoms with Gasteiger partial charge in [-0.2, -0.15) is 0 Å². The number of hydrogen-bond donors (Lipinski definition) is 0. The molecule has 4 nitrogen and oxygen atoms in total. The Kier molecular flexibility index (Phi) is 7.36. The van der Waals surface area contributed by atoms with E-state index in [4.69, 9.17) is 0 Å². The number of para-hydroxylation sites is 4. The molecule has 76 heavy (non-hydrogen) atoms. The zero-order valence-electron chi connectivity index (χ0n) is 41.0. The van der Waals surface area contributed by atoms with E-state index in [1.807, 2.05) is 0 Å². The van der Waals surface area contributed by atoms with Gasteiger partial charge < -0.3 is 18.9 Å². The summed E-state index contributed by atoms with van der Waals surface area (Å²) in [6, 6.07) is 92.1. The van der Waals surface area contributed by atoms with Gasteiger partial charge in [0.2, 0.25) is 0 Å². The van der Waals surface area contributed by atoms with Crippen molar-refractivity contribution in [3.8, 4) is 11.4 Å². The van der Waals surface area contributed by atoms with Crippen molar-refractivity contribution in [3.05, 3.63) is 243 Å². The Morgan fingerprint density at radius 1 is 0.263 bits per heavy atom. The largest absolute Gasteiger partial charge is 0.311 e. The first-order valence-electron chi connectivity index (χ1n) is 26.7. The molecule has 0 atom stereocenters. The summed E-state index contributed by atoms with van der Waals surface area (Å²) in [7, 11) is 0. The van der Waals surface area contributed by atoms with Gasteiger partial charge in [-0.25, -0.2) is 0 Å². The molecule has 0 N–H and O–H groups in total. The molecule has 13 aromatic carbocycles. The second kappa shape index (κ2) is 14.1. The number of benzene rings is 13. The fraction of sp³-hybridized carbons (Fsp3) is 0. The number of aromatic nitrogens is 2. The monoisotopic (exact) mass is 958 g/mol. The third kappa shape index (κ3) is 4.76. The van der Waals surface area contributed by atoms with Crippen molar-refractivity contribution in [2.45, 2.75) is 0 Å². The predicted molar refractivity (Wildman–Crippen MR) is 324 cm³/mol. The lowest BCUT2D eigenvalue weighted by Gasteiger charge is -2.43. The zero-order chi connectivity index (χ0) is 49.1. The molecule has 2 aromatic heterocycles. The first kappa shape index (κ1) is 39.7. The normalized spacial score (nSPS) is 13.7. The summed E-state index contributed by atoms with van der Waals surface area (Å²) in [5, 5.41) is 15.3. The van der Waals surface area contributed by atoms with Crippen LogP contribution in [0.5, 0.6) is 0 Å². The van der Waals surface area contributed by atoms with Crippen LogP contribution < -0.4 is 42.6 Å². The van der Waals surface area contributed by atoms with Crippen molar-refractivity contribution in [2.75, 3.05) is 9.80 Å². The Labute approximate surface area is 437 Å². The van der Waals surface area contributed by atoms with E-state index < -0.39 is 0 Å². The lowest BCUT2D eigenvalue weighted by Crippen LogP contribution is -2.63. The van der Waals surface area contributed by atoms with Crippen LogP contribution in [-0.4, -0.2) is 22.6 Å². The average molecular weight is 959 g/mol. The molecule has 4 aliphatic heterocycles. The first-order valence-corrected chi connectivity index (χ1v) is 26.7. The van der Waals surface area contributed by atoms with E-state index >= 15 is 0 Å². The molecule has 15 aromatic rings. The van der Waals surface area contributed by atoms with Gasteiger partial charge in [0.25, 0.3) is 13.4 Å². The summed E-state index contributed by atoms with van der Waals surface area (Å²) in [6.45, 7) is -0.132. The van der Waals surface area contributed by atoms with E-state index in [0.29, 0.717) is 0 Å². The number of fused-ring (bicyclic) bond motifs is 24. The van der Waals surface area contributed by atoms with E-state index in [-0.39, 0.29) is 13.4 Å². The van der Waals surface area contributed by atoms with E-state index in [9.17, 15) is 0 Å². The molecule has 6 heteroatoms. The third-order valence-electron chi connectivity index (χ3n) is 17.9. The van der Waals surface area contributed by atoms with Crippen LogP contribution >= 0.6 is 0 Å². The summed E-state index contributed by atoms with van der Waals surface area (Å²) in [4.78, 5) is 5.14. The van der Waals surface area contributed by atoms with Crippen LogP contribution in [0.4, 0.5) is 34.1 Å². The second-order valence-electron chi connectivity index (χ2n) is 21.5. The SMILES string of the molecule is c1ccc(N2c3ccccc3B3c4cc5c(cc4-n4c6cc7ccccc7cc6c6c7ccccc7c2c3c64)B2c3ccccc3N(c3ccccc3)c3c2c2c(c4ccccc34)c3cc4ccccc4cc3n2-5)cc1. The maximum Gasteiger partial charge on any atom is 0.252 e. The fourth-order valence-electron chi connectivity index (χ4n) is 15.1. The van der Waals surface area contributed by atoms with Crippen molar-refractivity contribution < 1.29 is 0 Å². The molecule has 0 saturated carbocycles. The molecule has 4 aliphatic rings. The number of anilines is 6. The second-order valence-corrected chi connectivity index (χ2v) is 21.5. The Bertz CT molecular complexity index is 4830. The van der Waals surface area contributed by atoms with Crippen molar-refractivity contribution >= 4 is 167 Å². The van der Waals surface area contributed by atoms with E-state index in [1.165, 1.54) is 154 Å².